The van der Waals surface area contributed by atoms with Gasteiger partial charge in [-0.25, -0.2) is 4.79 Å². The number of hydrogen-bond acceptors (Lipinski definition) is 6. The molecule has 0 N–H and O–H groups in total. The normalized spacial score (nSPS) is 11.6. The summed E-state index contributed by atoms with van der Waals surface area (Å²) in [5.41, 5.74) is 1.39. The highest BCUT2D eigenvalue weighted by Gasteiger charge is 2.31. The minimum Gasteiger partial charge on any atom is -0.489 e. The van der Waals surface area contributed by atoms with Gasteiger partial charge in [0.1, 0.15) is 18.1 Å². The van der Waals surface area contributed by atoms with Gasteiger partial charge in [-0.2, -0.15) is 0 Å². The Morgan fingerprint density at radius 3 is 2.36 bits per heavy atom. The number of esters is 1. The lowest BCUT2D eigenvalue weighted by atomic mass is 9.77. The molecule has 1 aromatic heterocycles. The monoisotopic (exact) mass is 388 g/mol. The van der Waals surface area contributed by atoms with Crippen molar-refractivity contribution in [2.24, 2.45) is 5.92 Å². The quantitative estimate of drug-likeness (QED) is 0.482. The maximum atomic E-state index is 11.5. The molecule has 0 saturated carbocycles. The van der Waals surface area contributed by atoms with Crippen LogP contribution in [0.15, 0.2) is 34.7 Å². The van der Waals surface area contributed by atoms with Crippen LogP contribution < -0.4 is 10.2 Å². The summed E-state index contributed by atoms with van der Waals surface area (Å²) < 4.78 is 27.5. The summed E-state index contributed by atoms with van der Waals surface area (Å²) in [6.07, 6.45) is 0. The van der Waals surface area contributed by atoms with E-state index in [0.29, 0.717) is 17.4 Å². The fourth-order valence-electron chi connectivity index (χ4n) is 2.41. The molecule has 2 aromatic rings. The number of aryl methyl sites for hydroxylation is 1. The van der Waals surface area contributed by atoms with E-state index in [1.54, 1.807) is 20.1 Å². The largest absolute Gasteiger partial charge is 0.494 e. The molecule has 0 amide bonds. The second-order valence-corrected chi connectivity index (χ2v) is 7.48. The summed E-state index contributed by atoms with van der Waals surface area (Å²) in [6, 6.07) is 9.20. The predicted octanol–water partition coefficient (Wildman–Crippen LogP) is 3.75. The second-order valence-electron chi connectivity index (χ2n) is 7.48. The van der Waals surface area contributed by atoms with E-state index in [9.17, 15) is 4.79 Å². The van der Waals surface area contributed by atoms with E-state index in [0.717, 1.165) is 11.0 Å². The van der Waals surface area contributed by atoms with Gasteiger partial charge in [0.05, 0.1) is 12.7 Å². The third-order valence-corrected chi connectivity index (χ3v) is 4.97. The molecule has 0 bridgehead atoms. The fraction of sp³-hybridized carbons (Fsp3) is 0.476. The van der Waals surface area contributed by atoms with Gasteiger partial charge in [0, 0.05) is 12.7 Å². The van der Waals surface area contributed by atoms with Crippen molar-refractivity contribution < 1.29 is 28.0 Å². The van der Waals surface area contributed by atoms with E-state index in [4.69, 9.17) is 18.5 Å². The summed E-state index contributed by atoms with van der Waals surface area (Å²) in [7, 11) is 2.49. The number of ether oxygens (including phenoxy) is 2. The van der Waals surface area contributed by atoms with Gasteiger partial charge in [0.25, 0.3) is 0 Å². The molecular formula is C21H29BO6. The third kappa shape index (κ3) is 5.39. The molecule has 7 heteroatoms. The molecule has 152 valence electrons. The van der Waals surface area contributed by atoms with Crippen LogP contribution in [0.25, 0.3) is 0 Å². The Hall–Kier alpha value is -2.25. The Balaban J connectivity index is 2.02. The zero-order chi connectivity index (χ0) is 20.9. The molecule has 1 heterocycles. The van der Waals surface area contributed by atoms with E-state index < -0.39 is 13.1 Å². The summed E-state index contributed by atoms with van der Waals surface area (Å²) in [4.78, 5) is 11.5. The van der Waals surface area contributed by atoms with E-state index in [-0.39, 0.29) is 18.0 Å². The lowest BCUT2D eigenvalue weighted by molar-refractivity contribution is 0.0371. The number of furan rings is 1. The smallest absolute Gasteiger partial charge is 0.489 e. The number of benzene rings is 1. The van der Waals surface area contributed by atoms with Gasteiger partial charge in [-0.1, -0.05) is 26.0 Å². The first-order valence-electron chi connectivity index (χ1n) is 9.29. The first-order chi connectivity index (χ1) is 13.2. The van der Waals surface area contributed by atoms with Crippen molar-refractivity contribution >= 4 is 18.6 Å². The first-order valence-corrected chi connectivity index (χ1v) is 9.29. The maximum absolute atomic E-state index is 11.5. The lowest BCUT2D eigenvalue weighted by Crippen LogP contribution is -2.45. The Bertz CT molecular complexity index is 779. The van der Waals surface area contributed by atoms with Crippen molar-refractivity contribution in [2.45, 2.75) is 46.8 Å². The topological polar surface area (TPSA) is 67.1 Å². The Morgan fingerprint density at radius 2 is 1.82 bits per heavy atom. The SMILES string of the molecule is COB(OC(C)(C)C(C)C)c1ccc(OCc2cc(C(=O)OC)oc2C)cc1. The van der Waals surface area contributed by atoms with Crippen LogP contribution in [-0.4, -0.2) is 32.9 Å². The van der Waals surface area contributed by atoms with Crippen molar-refractivity contribution in [1.82, 2.24) is 0 Å². The molecule has 0 unspecified atom stereocenters. The van der Waals surface area contributed by atoms with Crippen LogP contribution in [0.3, 0.4) is 0 Å². The number of carbonyl (C=O) groups excluding carboxylic acids is 1. The van der Waals surface area contributed by atoms with Crippen molar-refractivity contribution in [1.29, 1.82) is 0 Å². The molecule has 0 saturated heterocycles. The van der Waals surface area contributed by atoms with Gasteiger partial charge in [-0.3, -0.25) is 0 Å². The molecule has 0 radical (unpaired) electrons. The van der Waals surface area contributed by atoms with Gasteiger partial charge >= 0.3 is 13.1 Å². The minimum absolute atomic E-state index is 0.168. The first kappa shape index (κ1) is 22.0. The van der Waals surface area contributed by atoms with E-state index in [1.165, 1.54) is 7.11 Å². The molecule has 0 aliphatic rings. The van der Waals surface area contributed by atoms with Crippen molar-refractivity contribution in [3.05, 3.63) is 47.4 Å². The minimum atomic E-state index is -0.506. The average molecular weight is 388 g/mol. The molecule has 2 rings (SSSR count). The highest BCUT2D eigenvalue weighted by Crippen LogP contribution is 2.22. The molecule has 0 spiro atoms. The van der Waals surface area contributed by atoms with Crippen LogP contribution in [0.5, 0.6) is 5.75 Å². The predicted molar refractivity (Wildman–Crippen MR) is 108 cm³/mol. The molecule has 1 aromatic carbocycles. The van der Waals surface area contributed by atoms with Crippen LogP contribution in [0.1, 0.15) is 49.6 Å². The Labute approximate surface area is 167 Å². The van der Waals surface area contributed by atoms with Gasteiger partial charge in [-0.05, 0) is 50.4 Å². The number of carbonyl (C=O) groups is 1. The molecule has 0 aliphatic heterocycles. The number of hydrogen-bond donors (Lipinski definition) is 0. The second kappa shape index (κ2) is 9.30. The van der Waals surface area contributed by atoms with E-state index >= 15 is 0 Å². The van der Waals surface area contributed by atoms with Gasteiger partial charge in [-0.15, -0.1) is 0 Å². The van der Waals surface area contributed by atoms with Gasteiger partial charge < -0.3 is 23.2 Å². The summed E-state index contributed by atoms with van der Waals surface area (Å²) >= 11 is 0. The molecule has 28 heavy (non-hydrogen) atoms. The van der Waals surface area contributed by atoms with Crippen LogP contribution in [0, 0.1) is 12.8 Å². The van der Waals surface area contributed by atoms with Crippen LogP contribution in [-0.2, 0) is 20.7 Å². The molecule has 0 aliphatic carbocycles. The zero-order valence-corrected chi connectivity index (χ0v) is 17.7. The van der Waals surface area contributed by atoms with Gasteiger partial charge in [0.2, 0.25) is 5.76 Å². The Kier molecular flexibility index (Phi) is 7.32. The van der Waals surface area contributed by atoms with Crippen molar-refractivity contribution in [3.8, 4) is 5.75 Å². The summed E-state index contributed by atoms with van der Waals surface area (Å²) in [5.74, 6) is 1.33. The fourth-order valence-corrected chi connectivity index (χ4v) is 2.41. The molecule has 0 atom stereocenters. The molecule has 6 nitrogen and oxygen atoms in total. The van der Waals surface area contributed by atoms with Gasteiger partial charge in [0.15, 0.2) is 0 Å². The highest BCUT2D eigenvalue weighted by atomic mass is 16.6. The molecular weight excluding hydrogens is 359 g/mol. The average Bonchev–Trinajstić information content (AvgIpc) is 3.05. The van der Waals surface area contributed by atoms with Crippen LogP contribution in [0.2, 0.25) is 0 Å². The highest BCUT2D eigenvalue weighted by molar-refractivity contribution is 6.61. The summed E-state index contributed by atoms with van der Waals surface area (Å²) in [6.45, 7) is 10.4. The van der Waals surface area contributed by atoms with Crippen LogP contribution >= 0.6 is 0 Å². The number of methoxy groups -OCH3 is 1. The zero-order valence-electron chi connectivity index (χ0n) is 17.7. The van der Waals surface area contributed by atoms with E-state index in [1.807, 2.05) is 24.3 Å². The standard InChI is InChI=1S/C21H29BO6/c1-14(2)21(4,5)28-22(25-7)17-8-10-18(11-9-17)26-13-16-12-19(20(23)24-6)27-15(16)3/h8-12,14H,13H2,1-7H3. The third-order valence-electron chi connectivity index (χ3n) is 4.97. The molecule has 0 fully saturated rings. The van der Waals surface area contributed by atoms with E-state index in [2.05, 4.69) is 32.4 Å². The maximum Gasteiger partial charge on any atom is 0.494 e. The lowest BCUT2D eigenvalue weighted by Gasteiger charge is -2.32. The summed E-state index contributed by atoms with van der Waals surface area (Å²) in [5, 5.41) is 0. The van der Waals surface area contributed by atoms with Crippen molar-refractivity contribution in [2.75, 3.05) is 14.2 Å². The van der Waals surface area contributed by atoms with Crippen molar-refractivity contribution in [3.63, 3.8) is 0 Å². The Morgan fingerprint density at radius 1 is 1.18 bits per heavy atom. The van der Waals surface area contributed by atoms with Crippen LogP contribution in [0.4, 0.5) is 0 Å². The number of rotatable bonds is 9.